The average Bonchev–Trinajstić information content (AvgIpc) is 3.17. The molecule has 0 saturated heterocycles. The Morgan fingerprint density at radius 2 is 1.89 bits per heavy atom. The molecule has 2 bridgehead atoms. The van der Waals surface area contributed by atoms with Crippen molar-refractivity contribution in [3.8, 4) is 0 Å². The lowest BCUT2D eigenvalue weighted by molar-refractivity contribution is 0.262. The molecule has 2 aromatic rings. The van der Waals surface area contributed by atoms with E-state index in [9.17, 15) is 8.42 Å². The van der Waals surface area contributed by atoms with E-state index in [0.29, 0.717) is 16.7 Å². The summed E-state index contributed by atoms with van der Waals surface area (Å²) in [5.41, 5.74) is 2.71. The molecule has 1 aromatic carbocycles. The van der Waals surface area contributed by atoms with Crippen LogP contribution in [-0.2, 0) is 10.0 Å². The molecule has 2 aliphatic carbocycles. The van der Waals surface area contributed by atoms with Gasteiger partial charge in [-0.15, -0.1) is 0 Å². The third-order valence-corrected chi connectivity index (χ3v) is 8.37. The molecular weight excluding hydrogens is 356 g/mol. The minimum atomic E-state index is -3.56. The predicted molar refractivity (Wildman–Crippen MR) is 108 cm³/mol. The van der Waals surface area contributed by atoms with E-state index in [1.165, 1.54) is 5.57 Å². The largest absolute Gasteiger partial charge is 0.257 e. The van der Waals surface area contributed by atoms with Crippen LogP contribution in [0.4, 0.5) is 0 Å². The summed E-state index contributed by atoms with van der Waals surface area (Å²) in [6, 6.07) is 13.0. The zero-order chi connectivity index (χ0) is 19.2. The molecule has 2 aliphatic rings. The van der Waals surface area contributed by atoms with Crippen molar-refractivity contribution in [2.45, 2.75) is 43.5 Å². The highest BCUT2D eigenvalue weighted by atomic mass is 32.2. The van der Waals surface area contributed by atoms with Crippen molar-refractivity contribution < 1.29 is 8.42 Å². The van der Waals surface area contributed by atoms with E-state index in [1.807, 2.05) is 37.3 Å². The van der Waals surface area contributed by atoms with Crippen molar-refractivity contribution in [1.82, 2.24) is 9.29 Å². The van der Waals surface area contributed by atoms with Gasteiger partial charge in [0.2, 0.25) is 10.0 Å². The van der Waals surface area contributed by atoms with E-state index in [0.717, 1.165) is 30.5 Å². The number of hydrogen-bond donors (Lipinski definition) is 0. The third kappa shape index (κ3) is 3.03. The molecule has 3 atom stereocenters. The summed E-state index contributed by atoms with van der Waals surface area (Å²) in [6.07, 6.45) is 6.60. The van der Waals surface area contributed by atoms with Crippen molar-refractivity contribution in [3.63, 3.8) is 0 Å². The van der Waals surface area contributed by atoms with E-state index in [2.05, 4.69) is 18.0 Å². The highest BCUT2D eigenvalue weighted by molar-refractivity contribution is 7.89. The SMILES string of the molecule is Cc1ccc(S(=O)(=O)N(C)[C@]23C[C@H](C/C2=C\c2ccccn2)[C@@H](C)C3)cc1. The van der Waals surface area contributed by atoms with Crippen LogP contribution in [0.1, 0.15) is 37.4 Å². The molecule has 2 saturated carbocycles. The molecule has 0 spiro atoms. The summed E-state index contributed by atoms with van der Waals surface area (Å²) in [5.74, 6) is 1.07. The van der Waals surface area contributed by atoms with Crippen molar-refractivity contribution in [3.05, 3.63) is 65.5 Å². The lowest BCUT2D eigenvalue weighted by Crippen LogP contribution is -2.48. The first-order valence-electron chi connectivity index (χ1n) is 9.51. The quantitative estimate of drug-likeness (QED) is 0.793. The summed E-state index contributed by atoms with van der Waals surface area (Å²) in [7, 11) is -1.81. The van der Waals surface area contributed by atoms with Gasteiger partial charge >= 0.3 is 0 Å². The molecule has 1 heterocycles. The third-order valence-electron chi connectivity index (χ3n) is 6.44. The van der Waals surface area contributed by atoms with Gasteiger partial charge in [-0.2, -0.15) is 4.31 Å². The molecular formula is C22H26N2O2S. The lowest BCUT2D eigenvalue weighted by atomic mass is 9.82. The molecule has 0 radical (unpaired) electrons. The monoisotopic (exact) mass is 382 g/mol. The first-order valence-corrected chi connectivity index (χ1v) is 10.9. The first-order chi connectivity index (χ1) is 12.8. The van der Waals surface area contributed by atoms with Gasteiger partial charge in [0.15, 0.2) is 0 Å². The zero-order valence-electron chi connectivity index (χ0n) is 16.1. The van der Waals surface area contributed by atoms with Crippen LogP contribution in [0.15, 0.2) is 59.1 Å². The Balaban J connectivity index is 1.76. The van der Waals surface area contributed by atoms with Crippen LogP contribution >= 0.6 is 0 Å². The normalized spacial score (nSPS) is 29.0. The van der Waals surface area contributed by atoms with Gasteiger partial charge in [-0.05, 0) is 73.9 Å². The Labute approximate surface area is 162 Å². The topological polar surface area (TPSA) is 50.3 Å². The van der Waals surface area contributed by atoms with Gasteiger partial charge in [-0.1, -0.05) is 30.7 Å². The van der Waals surface area contributed by atoms with Crippen LogP contribution < -0.4 is 0 Å². The fraction of sp³-hybridized carbons (Fsp3) is 0.409. The second-order valence-corrected chi connectivity index (χ2v) is 10.1. The summed E-state index contributed by atoms with van der Waals surface area (Å²) >= 11 is 0. The molecule has 1 aromatic heterocycles. The predicted octanol–water partition coefficient (Wildman–Crippen LogP) is 4.28. The van der Waals surface area contributed by atoms with Crippen LogP contribution in [0.2, 0.25) is 0 Å². The minimum Gasteiger partial charge on any atom is -0.257 e. The number of hydrogen-bond acceptors (Lipinski definition) is 3. The molecule has 0 amide bonds. The number of nitrogens with zero attached hydrogens (tertiary/aromatic N) is 2. The average molecular weight is 383 g/mol. The Hall–Kier alpha value is -1.98. The van der Waals surface area contributed by atoms with Crippen LogP contribution in [0, 0.1) is 18.8 Å². The molecule has 5 heteroatoms. The maximum atomic E-state index is 13.4. The zero-order valence-corrected chi connectivity index (χ0v) is 16.9. The van der Waals surface area contributed by atoms with E-state index in [4.69, 9.17) is 0 Å². The van der Waals surface area contributed by atoms with Gasteiger partial charge in [0.25, 0.3) is 0 Å². The summed E-state index contributed by atoms with van der Waals surface area (Å²) < 4.78 is 28.4. The number of aromatic nitrogens is 1. The number of likely N-dealkylation sites (N-methyl/N-ethyl adjacent to an activating group) is 1. The maximum Gasteiger partial charge on any atom is 0.243 e. The molecule has 4 nitrogen and oxygen atoms in total. The van der Waals surface area contributed by atoms with Gasteiger partial charge in [0, 0.05) is 13.2 Å². The smallest absolute Gasteiger partial charge is 0.243 e. The second kappa shape index (κ2) is 6.57. The summed E-state index contributed by atoms with van der Waals surface area (Å²) in [5, 5.41) is 0. The number of aryl methyl sites for hydroxylation is 1. The number of rotatable bonds is 4. The first kappa shape index (κ1) is 18.4. The summed E-state index contributed by atoms with van der Waals surface area (Å²) in [4.78, 5) is 4.79. The Morgan fingerprint density at radius 3 is 2.52 bits per heavy atom. The van der Waals surface area contributed by atoms with Crippen LogP contribution in [-0.4, -0.2) is 30.3 Å². The van der Waals surface area contributed by atoms with Crippen molar-refractivity contribution in [2.75, 3.05) is 7.05 Å². The van der Waals surface area contributed by atoms with Crippen molar-refractivity contribution in [1.29, 1.82) is 0 Å². The summed E-state index contributed by atoms with van der Waals surface area (Å²) in [6.45, 7) is 4.21. The van der Waals surface area contributed by atoms with Crippen LogP contribution in [0.25, 0.3) is 6.08 Å². The van der Waals surface area contributed by atoms with Gasteiger partial charge in [-0.25, -0.2) is 8.42 Å². The Bertz CT molecular complexity index is 963. The van der Waals surface area contributed by atoms with Gasteiger partial charge in [0.05, 0.1) is 16.1 Å². The van der Waals surface area contributed by atoms with E-state index in [-0.39, 0.29) is 0 Å². The number of fused-ring (bicyclic) bond motifs is 2. The highest BCUT2D eigenvalue weighted by Gasteiger charge is 2.57. The van der Waals surface area contributed by atoms with E-state index >= 15 is 0 Å². The lowest BCUT2D eigenvalue weighted by Gasteiger charge is -2.39. The van der Waals surface area contributed by atoms with Gasteiger partial charge in [0.1, 0.15) is 0 Å². The molecule has 4 rings (SSSR count). The molecule has 0 aliphatic heterocycles. The minimum absolute atomic E-state index is 0.366. The van der Waals surface area contributed by atoms with Crippen molar-refractivity contribution >= 4 is 16.1 Å². The van der Waals surface area contributed by atoms with Crippen molar-refractivity contribution in [2.24, 2.45) is 11.8 Å². The van der Waals surface area contributed by atoms with Crippen LogP contribution in [0.5, 0.6) is 0 Å². The fourth-order valence-electron chi connectivity index (χ4n) is 4.82. The van der Waals surface area contributed by atoms with E-state index in [1.54, 1.807) is 29.7 Å². The molecule has 142 valence electrons. The molecule has 0 N–H and O–H groups in total. The number of benzene rings is 1. The maximum absolute atomic E-state index is 13.4. The van der Waals surface area contributed by atoms with Gasteiger partial charge in [-0.3, -0.25) is 4.98 Å². The molecule has 0 unspecified atom stereocenters. The second-order valence-electron chi connectivity index (χ2n) is 8.09. The van der Waals surface area contributed by atoms with Crippen LogP contribution in [0.3, 0.4) is 0 Å². The van der Waals surface area contributed by atoms with E-state index < -0.39 is 15.6 Å². The standard InChI is InChI=1S/C22H26N2O2S/c1-16-7-9-21(10-8-16)27(25,26)24(3)22-14-17(2)18(15-22)12-19(22)13-20-6-4-5-11-23-20/h4-11,13,17-18H,12,14-15H2,1-3H3/b19-13+/t17-,18-,22+/m0/s1. The fourth-order valence-corrected chi connectivity index (χ4v) is 6.34. The molecule has 2 fully saturated rings. The van der Waals surface area contributed by atoms with Gasteiger partial charge < -0.3 is 0 Å². The Morgan fingerprint density at radius 1 is 1.15 bits per heavy atom. The highest BCUT2D eigenvalue weighted by Crippen LogP contribution is 2.58. The number of pyridine rings is 1. The molecule has 27 heavy (non-hydrogen) atoms. The number of sulfonamides is 1. The Kier molecular flexibility index (Phi) is 4.47.